The molecule has 0 unspecified atom stereocenters. The van der Waals surface area contributed by atoms with Crippen LogP contribution in [0.25, 0.3) is 20.5 Å². The Balaban J connectivity index is 1.84. The van der Waals surface area contributed by atoms with Crippen molar-refractivity contribution >= 4 is 27.2 Å². The summed E-state index contributed by atoms with van der Waals surface area (Å²) in [6.07, 6.45) is 4.19. The number of benzene rings is 1. The van der Waals surface area contributed by atoms with E-state index < -0.39 is 0 Å². The molecule has 2 heterocycles. The summed E-state index contributed by atoms with van der Waals surface area (Å²) in [4.78, 5) is 7.75. The summed E-state index contributed by atoms with van der Waals surface area (Å²) in [5, 5.41) is 1.25. The number of thiophene rings is 1. The summed E-state index contributed by atoms with van der Waals surface area (Å²) >= 11 is 1.78. The Hall–Kier alpha value is -2.07. The molecule has 0 bridgehead atoms. The molecule has 1 aromatic carbocycles. The molecular weight excluding hydrogens is 304 g/mol. The minimum atomic E-state index is 0.788. The van der Waals surface area contributed by atoms with E-state index in [9.17, 15) is 0 Å². The number of anilines is 1. The molecule has 0 aliphatic rings. The van der Waals surface area contributed by atoms with Gasteiger partial charge in [-0.25, -0.2) is 4.98 Å². The van der Waals surface area contributed by atoms with Crippen LogP contribution in [0.5, 0.6) is 5.75 Å². The smallest absolute Gasteiger partial charge is 0.127 e. The SMILES string of the molecule is CCCCOc1ccc2cc(-c3ccc(N(C)C)nc3)sc2c1. The quantitative estimate of drug-likeness (QED) is 0.582. The van der Waals surface area contributed by atoms with Crippen molar-refractivity contribution in [3.63, 3.8) is 0 Å². The van der Waals surface area contributed by atoms with Gasteiger partial charge in [-0.1, -0.05) is 13.3 Å². The Bertz CT molecular complexity index is 778. The predicted octanol–water partition coefficient (Wildman–Crippen LogP) is 5.21. The Labute approximate surface area is 141 Å². The molecule has 23 heavy (non-hydrogen) atoms. The van der Waals surface area contributed by atoms with E-state index in [-0.39, 0.29) is 0 Å². The van der Waals surface area contributed by atoms with Crippen LogP contribution in [0.3, 0.4) is 0 Å². The predicted molar refractivity (Wildman–Crippen MR) is 99.8 cm³/mol. The van der Waals surface area contributed by atoms with Gasteiger partial charge in [0.15, 0.2) is 0 Å². The third-order valence-corrected chi connectivity index (χ3v) is 4.90. The lowest BCUT2D eigenvalue weighted by atomic mass is 10.2. The Morgan fingerprint density at radius 2 is 2.00 bits per heavy atom. The molecule has 0 N–H and O–H groups in total. The number of nitrogens with zero attached hydrogens (tertiary/aromatic N) is 2. The molecule has 3 rings (SSSR count). The summed E-state index contributed by atoms with van der Waals surface area (Å²) in [6.45, 7) is 2.96. The maximum Gasteiger partial charge on any atom is 0.127 e. The summed E-state index contributed by atoms with van der Waals surface area (Å²) in [5.74, 6) is 1.93. The molecule has 0 atom stereocenters. The van der Waals surface area contributed by atoms with E-state index in [2.05, 4.69) is 48.3 Å². The van der Waals surface area contributed by atoms with Crippen LogP contribution < -0.4 is 9.64 Å². The zero-order valence-corrected chi connectivity index (χ0v) is 14.7. The molecule has 0 amide bonds. The van der Waals surface area contributed by atoms with Crippen LogP contribution in [0.1, 0.15) is 19.8 Å². The second kappa shape index (κ2) is 7.01. The van der Waals surface area contributed by atoms with Crippen LogP contribution in [0, 0.1) is 0 Å². The van der Waals surface area contributed by atoms with Crippen LogP contribution in [0.2, 0.25) is 0 Å². The minimum absolute atomic E-state index is 0.788. The molecule has 0 fully saturated rings. The van der Waals surface area contributed by atoms with Crippen molar-refractivity contribution < 1.29 is 4.74 Å². The maximum atomic E-state index is 5.80. The van der Waals surface area contributed by atoms with E-state index in [1.807, 2.05) is 25.2 Å². The van der Waals surface area contributed by atoms with Crippen LogP contribution in [0.4, 0.5) is 5.82 Å². The first-order chi connectivity index (χ1) is 11.2. The highest BCUT2D eigenvalue weighted by molar-refractivity contribution is 7.22. The third-order valence-electron chi connectivity index (χ3n) is 3.75. The van der Waals surface area contributed by atoms with Crippen molar-refractivity contribution in [2.24, 2.45) is 0 Å². The maximum absolute atomic E-state index is 5.80. The van der Waals surface area contributed by atoms with Crippen molar-refractivity contribution in [3.8, 4) is 16.2 Å². The fourth-order valence-electron chi connectivity index (χ4n) is 2.37. The van der Waals surface area contributed by atoms with E-state index in [0.717, 1.165) is 36.6 Å². The van der Waals surface area contributed by atoms with Crippen molar-refractivity contribution in [1.29, 1.82) is 0 Å². The van der Waals surface area contributed by atoms with Gasteiger partial charge in [-0.15, -0.1) is 11.3 Å². The number of hydrogen-bond donors (Lipinski definition) is 0. The number of rotatable bonds is 6. The standard InChI is InChI=1S/C19H22N2OS/c1-4-5-10-22-16-8-6-14-11-17(23-18(14)12-16)15-7-9-19(20-13-15)21(2)3/h6-9,11-13H,4-5,10H2,1-3H3. The first-order valence-electron chi connectivity index (χ1n) is 7.97. The van der Waals surface area contributed by atoms with Crippen LogP contribution in [-0.4, -0.2) is 25.7 Å². The minimum Gasteiger partial charge on any atom is -0.494 e. The van der Waals surface area contributed by atoms with E-state index in [4.69, 9.17) is 4.74 Å². The number of aromatic nitrogens is 1. The Morgan fingerprint density at radius 1 is 1.13 bits per heavy atom. The fourth-order valence-corrected chi connectivity index (χ4v) is 3.46. The first-order valence-corrected chi connectivity index (χ1v) is 8.79. The van der Waals surface area contributed by atoms with Gasteiger partial charge in [0.1, 0.15) is 11.6 Å². The van der Waals surface area contributed by atoms with Crippen molar-refractivity contribution in [2.75, 3.05) is 25.6 Å². The third kappa shape index (κ3) is 3.64. The summed E-state index contributed by atoms with van der Waals surface area (Å²) in [6, 6.07) is 12.7. The van der Waals surface area contributed by atoms with Gasteiger partial charge in [0, 0.05) is 35.4 Å². The summed E-state index contributed by atoms with van der Waals surface area (Å²) in [7, 11) is 4.00. The van der Waals surface area contributed by atoms with Gasteiger partial charge in [0.2, 0.25) is 0 Å². The van der Waals surface area contributed by atoms with Gasteiger partial charge >= 0.3 is 0 Å². The molecule has 0 aliphatic carbocycles. The normalized spacial score (nSPS) is 10.9. The molecule has 0 radical (unpaired) electrons. The van der Waals surface area contributed by atoms with E-state index in [1.165, 1.54) is 15.0 Å². The molecule has 0 spiro atoms. The van der Waals surface area contributed by atoms with Gasteiger partial charge in [-0.2, -0.15) is 0 Å². The van der Waals surface area contributed by atoms with Gasteiger partial charge in [0.05, 0.1) is 6.61 Å². The molecule has 0 aliphatic heterocycles. The van der Waals surface area contributed by atoms with Gasteiger partial charge < -0.3 is 9.64 Å². The number of ether oxygens (including phenoxy) is 1. The number of hydrogen-bond acceptors (Lipinski definition) is 4. The summed E-state index contributed by atoms with van der Waals surface area (Å²) in [5.41, 5.74) is 1.16. The van der Waals surface area contributed by atoms with E-state index >= 15 is 0 Å². The van der Waals surface area contributed by atoms with Gasteiger partial charge in [-0.3, -0.25) is 0 Å². The lowest BCUT2D eigenvalue weighted by Crippen LogP contribution is -2.09. The molecule has 3 nitrogen and oxygen atoms in total. The summed E-state index contributed by atoms with van der Waals surface area (Å²) < 4.78 is 7.06. The highest BCUT2D eigenvalue weighted by Gasteiger charge is 2.07. The first kappa shape index (κ1) is 15.8. The largest absolute Gasteiger partial charge is 0.494 e. The van der Waals surface area contributed by atoms with E-state index in [0.29, 0.717) is 0 Å². The topological polar surface area (TPSA) is 25.4 Å². The lowest BCUT2D eigenvalue weighted by molar-refractivity contribution is 0.310. The molecule has 4 heteroatoms. The Kier molecular flexibility index (Phi) is 4.82. The zero-order chi connectivity index (χ0) is 16.2. The van der Waals surface area contributed by atoms with Gasteiger partial charge in [-0.05, 0) is 48.2 Å². The fraction of sp³-hybridized carbons (Fsp3) is 0.316. The number of unbranched alkanes of at least 4 members (excludes halogenated alkanes) is 1. The second-order valence-electron chi connectivity index (χ2n) is 5.81. The van der Waals surface area contributed by atoms with Crippen molar-refractivity contribution in [2.45, 2.75) is 19.8 Å². The average Bonchev–Trinajstić information content (AvgIpc) is 2.98. The second-order valence-corrected chi connectivity index (χ2v) is 6.90. The van der Waals surface area contributed by atoms with Crippen LogP contribution in [0.15, 0.2) is 42.6 Å². The van der Waals surface area contributed by atoms with Crippen molar-refractivity contribution in [3.05, 3.63) is 42.6 Å². The molecular formula is C19H22N2OS. The van der Waals surface area contributed by atoms with E-state index in [1.54, 1.807) is 11.3 Å². The van der Waals surface area contributed by atoms with Crippen LogP contribution in [-0.2, 0) is 0 Å². The highest BCUT2D eigenvalue weighted by atomic mass is 32.1. The number of fused-ring (bicyclic) bond motifs is 1. The zero-order valence-electron chi connectivity index (χ0n) is 13.9. The molecule has 0 saturated carbocycles. The van der Waals surface area contributed by atoms with Gasteiger partial charge in [0.25, 0.3) is 0 Å². The van der Waals surface area contributed by atoms with Crippen molar-refractivity contribution in [1.82, 2.24) is 4.98 Å². The average molecular weight is 326 g/mol. The van der Waals surface area contributed by atoms with Crippen LogP contribution >= 0.6 is 11.3 Å². The number of pyridine rings is 1. The highest BCUT2D eigenvalue weighted by Crippen LogP contribution is 2.35. The molecule has 3 aromatic rings. The lowest BCUT2D eigenvalue weighted by Gasteiger charge is -2.10. The molecule has 0 saturated heterocycles. The Morgan fingerprint density at radius 3 is 2.70 bits per heavy atom. The molecule has 2 aromatic heterocycles. The monoisotopic (exact) mass is 326 g/mol. The molecule has 120 valence electrons.